The summed E-state index contributed by atoms with van der Waals surface area (Å²) in [6, 6.07) is 10.3. The van der Waals surface area contributed by atoms with E-state index in [1.807, 2.05) is 7.05 Å². The minimum Gasteiger partial charge on any atom is -0.340 e. The molecule has 7 nitrogen and oxygen atoms in total. The number of aromatic nitrogens is 1. The standard InChI is InChI=1S/C23H27ClN4O3S2/c1-25-23-26(2)20(16-32-23)15-27-8-10-28(11-9-27)22(29)7-12-33(30,31)21-6-4-17-13-19(24)5-3-18(17)14-21/h3-6,13-14,16H,7-12,15H2,1-2H3. The van der Waals surface area contributed by atoms with Crippen molar-refractivity contribution < 1.29 is 13.2 Å². The monoisotopic (exact) mass is 506 g/mol. The van der Waals surface area contributed by atoms with Crippen LogP contribution in [0.1, 0.15) is 12.1 Å². The Balaban J connectivity index is 1.31. The zero-order chi connectivity index (χ0) is 23.6. The summed E-state index contributed by atoms with van der Waals surface area (Å²) in [5.41, 5.74) is 1.20. The van der Waals surface area contributed by atoms with Crippen molar-refractivity contribution in [1.82, 2.24) is 14.4 Å². The Morgan fingerprint density at radius 3 is 2.48 bits per heavy atom. The van der Waals surface area contributed by atoms with Gasteiger partial charge in [-0.2, -0.15) is 0 Å². The average Bonchev–Trinajstić information content (AvgIpc) is 3.16. The third-order valence-electron chi connectivity index (χ3n) is 6.04. The Bertz CT molecular complexity index is 1340. The normalized spacial score (nSPS) is 16.0. The Morgan fingerprint density at radius 2 is 1.79 bits per heavy atom. The van der Waals surface area contributed by atoms with Crippen LogP contribution in [0.15, 0.2) is 51.7 Å². The smallest absolute Gasteiger partial charge is 0.223 e. The van der Waals surface area contributed by atoms with E-state index in [0.717, 1.165) is 35.2 Å². The van der Waals surface area contributed by atoms with E-state index in [2.05, 4.69) is 19.8 Å². The molecule has 2 heterocycles. The van der Waals surface area contributed by atoms with E-state index in [4.69, 9.17) is 11.6 Å². The van der Waals surface area contributed by atoms with Crippen LogP contribution in [-0.2, 0) is 28.2 Å². The number of amides is 1. The summed E-state index contributed by atoms with van der Waals surface area (Å²) in [4.78, 5) is 22.3. The van der Waals surface area contributed by atoms with Crippen LogP contribution in [0.3, 0.4) is 0 Å². The van der Waals surface area contributed by atoms with Crippen LogP contribution in [-0.4, -0.2) is 67.7 Å². The van der Waals surface area contributed by atoms with Gasteiger partial charge in [0.05, 0.1) is 10.6 Å². The number of hydrogen-bond acceptors (Lipinski definition) is 6. The number of nitrogens with zero attached hydrogens (tertiary/aromatic N) is 4. The second kappa shape index (κ2) is 9.97. The number of piperazine rings is 1. The van der Waals surface area contributed by atoms with Gasteiger partial charge in [0.1, 0.15) is 0 Å². The van der Waals surface area contributed by atoms with Gasteiger partial charge in [-0.3, -0.25) is 14.7 Å². The molecule has 10 heteroatoms. The van der Waals surface area contributed by atoms with E-state index in [0.29, 0.717) is 18.1 Å². The fourth-order valence-corrected chi connectivity index (χ4v) is 6.31. The Labute approximate surface area is 202 Å². The van der Waals surface area contributed by atoms with Gasteiger partial charge in [-0.05, 0) is 35.0 Å². The lowest BCUT2D eigenvalue weighted by Crippen LogP contribution is -2.48. The molecule has 0 saturated carbocycles. The molecule has 1 amide bonds. The highest BCUT2D eigenvalue weighted by molar-refractivity contribution is 7.91. The highest BCUT2D eigenvalue weighted by Crippen LogP contribution is 2.23. The molecule has 1 fully saturated rings. The summed E-state index contributed by atoms with van der Waals surface area (Å²) in [6.07, 6.45) is -0.0121. The number of carbonyl (C=O) groups is 1. The number of halogens is 1. The van der Waals surface area contributed by atoms with Gasteiger partial charge in [-0.15, -0.1) is 11.3 Å². The number of carbonyl (C=O) groups excluding carboxylic acids is 1. The first-order valence-electron chi connectivity index (χ1n) is 10.8. The summed E-state index contributed by atoms with van der Waals surface area (Å²) >= 11 is 7.62. The fourth-order valence-electron chi connectivity index (χ4n) is 4.02. The van der Waals surface area contributed by atoms with Gasteiger partial charge < -0.3 is 9.47 Å². The van der Waals surface area contributed by atoms with Gasteiger partial charge in [-0.25, -0.2) is 8.42 Å². The summed E-state index contributed by atoms with van der Waals surface area (Å²) in [6.45, 7) is 3.55. The topological polar surface area (TPSA) is 75.0 Å². The lowest BCUT2D eigenvalue weighted by molar-refractivity contribution is -0.132. The van der Waals surface area contributed by atoms with Crippen molar-refractivity contribution in [3.8, 4) is 0 Å². The minimum atomic E-state index is -3.55. The molecule has 4 rings (SSSR count). The van der Waals surface area contributed by atoms with Crippen molar-refractivity contribution in [2.45, 2.75) is 17.9 Å². The van der Waals surface area contributed by atoms with Gasteiger partial charge in [0.2, 0.25) is 5.91 Å². The van der Waals surface area contributed by atoms with Gasteiger partial charge in [-0.1, -0.05) is 23.7 Å². The molecule has 1 aromatic heterocycles. The van der Waals surface area contributed by atoms with E-state index in [-0.39, 0.29) is 23.0 Å². The second-order valence-electron chi connectivity index (χ2n) is 8.17. The van der Waals surface area contributed by atoms with E-state index >= 15 is 0 Å². The van der Waals surface area contributed by atoms with E-state index in [9.17, 15) is 13.2 Å². The summed E-state index contributed by atoms with van der Waals surface area (Å²) in [7, 11) is 0.247. The van der Waals surface area contributed by atoms with Crippen molar-refractivity contribution in [2.24, 2.45) is 12.0 Å². The third-order valence-corrected chi connectivity index (χ3v) is 9.04. The van der Waals surface area contributed by atoms with Gasteiger partial charge in [0.15, 0.2) is 14.6 Å². The first-order chi connectivity index (χ1) is 15.8. The maximum Gasteiger partial charge on any atom is 0.223 e. The highest BCUT2D eigenvalue weighted by Gasteiger charge is 2.24. The van der Waals surface area contributed by atoms with Crippen molar-refractivity contribution >= 4 is 49.5 Å². The molecule has 1 saturated heterocycles. The van der Waals surface area contributed by atoms with Crippen molar-refractivity contribution in [3.05, 3.63) is 57.3 Å². The molecular weight excluding hydrogens is 480 g/mol. The lowest BCUT2D eigenvalue weighted by Gasteiger charge is -2.34. The maximum atomic E-state index is 12.8. The van der Waals surface area contributed by atoms with E-state index in [1.165, 1.54) is 5.69 Å². The number of fused-ring (bicyclic) bond motifs is 1. The van der Waals surface area contributed by atoms with Crippen LogP contribution in [0.2, 0.25) is 5.02 Å². The molecule has 1 aliphatic heterocycles. The quantitative estimate of drug-likeness (QED) is 0.515. The van der Waals surface area contributed by atoms with Crippen LogP contribution >= 0.6 is 22.9 Å². The largest absolute Gasteiger partial charge is 0.340 e. The molecule has 0 atom stereocenters. The summed E-state index contributed by atoms with van der Waals surface area (Å²) in [5.74, 6) is -0.307. The molecule has 1 aliphatic rings. The first-order valence-corrected chi connectivity index (χ1v) is 13.7. The van der Waals surface area contributed by atoms with Gasteiger partial charge in [0.25, 0.3) is 0 Å². The average molecular weight is 507 g/mol. The third kappa shape index (κ3) is 5.48. The minimum absolute atomic E-state index is 0.0121. The molecule has 0 N–H and O–H groups in total. The molecule has 0 radical (unpaired) electrons. The highest BCUT2D eigenvalue weighted by atomic mass is 35.5. The number of benzene rings is 2. The maximum absolute atomic E-state index is 12.8. The van der Waals surface area contributed by atoms with Crippen molar-refractivity contribution in [2.75, 3.05) is 39.0 Å². The van der Waals surface area contributed by atoms with Crippen molar-refractivity contribution in [1.29, 1.82) is 0 Å². The predicted octanol–water partition coefficient (Wildman–Crippen LogP) is 2.93. The Hall–Kier alpha value is -2.20. The first kappa shape index (κ1) is 23.9. The van der Waals surface area contributed by atoms with E-state index < -0.39 is 9.84 Å². The molecule has 0 spiro atoms. The van der Waals surface area contributed by atoms with Gasteiger partial charge in [0, 0.05) is 69.3 Å². The predicted molar refractivity (Wildman–Crippen MR) is 132 cm³/mol. The van der Waals surface area contributed by atoms with Crippen molar-refractivity contribution in [3.63, 3.8) is 0 Å². The zero-order valence-corrected chi connectivity index (χ0v) is 21.1. The van der Waals surface area contributed by atoms with Crippen LogP contribution in [0, 0.1) is 0 Å². The van der Waals surface area contributed by atoms with Crippen LogP contribution < -0.4 is 4.80 Å². The molecule has 33 heavy (non-hydrogen) atoms. The molecule has 0 bridgehead atoms. The number of hydrogen-bond donors (Lipinski definition) is 0. The molecule has 3 aromatic rings. The molecule has 2 aromatic carbocycles. The molecule has 0 unspecified atom stereocenters. The Morgan fingerprint density at radius 1 is 1.09 bits per heavy atom. The second-order valence-corrected chi connectivity index (χ2v) is 11.6. The summed E-state index contributed by atoms with van der Waals surface area (Å²) in [5, 5.41) is 4.41. The molecular formula is C23H27ClN4O3S2. The number of sulfone groups is 1. The zero-order valence-electron chi connectivity index (χ0n) is 18.7. The lowest BCUT2D eigenvalue weighted by atomic mass is 10.1. The van der Waals surface area contributed by atoms with Gasteiger partial charge >= 0.3 is 0 Å². The van der Waals surface area contributed by atoms with Crippen LogP contribution in [0.5, 0.6) is 0 Å². The van der Waals surface area contributed by atoms with E-state index in [1.54, 1.807) is 59.7 Å². The number of rotatable bonds is 6. The SMILES string of the molecule is CN=c1scc(CN2CCN(C(=O)CCS(=O)(=O)c3ccc4cc(Cl)ccc4c3)CC2)n1C. The summed E-state index contributed by atoms with van der Waals surface area (Å²) < 4.78 is 27.8. The molecule has 176 valence electrons. The number of thiazole rings is 1. The fraction of sp³-hybridized carbons (Fsp3) is 0.391. The van der Waals surface area contributed by atoms with Crippen LogP contribution in [0.25, 0.3) is 10.8 Å². The molecule has 0 aliphatic carbocycles. The Kier molecular flexibility index (Phi) is 7.23. The van der Waals surface area contributed by atoms with Crippen LogP contribution in [0.4, 0.5) is 0 Å².